The maximum absolute atomic E-state index is 12.8. The molecule has 0 spiro atoms. The van der Waals surface area contributed by atoms with Crippen LogP contribution in [0.1, 0.15) is 12.0 Å². The second kappa shape index (κ2) is 9.61. The number of methoxy groups -OCH3 is 1. The lowest BCUT2D eigenvalue weighted by atomic mass is 10.1. The number of anilines is 1. The molecular formula is C23H28N5O3+. The number of rotatable bonds is 5. The summed E-state index contributed by atoms with van der Waals surface area (Å²) in [5.41, 5.74) is 1.89. The third-order valence-electron chi connectivity index (χ3n) is 5.64. The van der Waals surface area contributed by atoms with Crippen molar-refractivity contribution >= 4 is 23.5 Å². The van der Waals surface area contributed by atoms with Gasteiger partial charge in [-0.25, -0.2) is 4.99 Å². The summed E-state index contributed by atoms with van der Waals surface area (Å²) in [5, 5.41) is 5.68. The maximum atomic E-state index is 12.8. The molecule has 0 saturated carbocycles. The summed E-state index contributed by atoms with van der Waals surface area (Å²) in [7, 11) is 1.55. The predicted molar refractivity (Wildman–Crippen MR) is 118 cm³/mol. The highest BCUT2D eigenvalue weighted by molar-refractivity contribution is 6.06. The maximum Gasteiger partial charge on any atom is 0.249 e. The first kappa shape index (κ1) is 20.9. The molecule has 31 heavy (non-hydrogen) atoms. The normalized spacial score (nSPS) is 19.4. The van der Waals surface area contributed by atoms with Crippen molar-refractivity contribution in [1.29, 1.82) is 0 Å². The monoisotopic (exact) mass is 422 g/mol. The molecule has 2 aromatic rings. The number of nitrogens with zero attached hydrogens (tertiary/aromatic N) is 2. The summed E-state index contributed by atoms with van der Waals surface area (Å²) in [6.45, 7) is 4.44. The van der Waals surface area contributed by atoms with Gasteiger partial charge in [0.1, 0.15) is 18.3 Å². The summed E-state index contributed by atoms with van der Waals surface area (Å²) in [4.78, 5) is 33.2. The van der Waals surface area contributed by atoms with E-state index < -0.39 is 6.04 Å². The number of amides is 2. The van der Waals surface area contributed by atoms with Crippen LogP contribution in [0.4, 0.5) is 5.69 Å². The highest BCUT2D eigenvalue weighted by atomic mass is 16.5. The second-order valence-electron chi connectivity index (χ2n) is 7.81. The van der Waals surface area contributed by atoms with Gasteiger partial charge in [-0.05, 0) is 12.1 Å². The molecule has 2 aliphatic rings. The minimum atomic E-state index is -0.761. The number of ether oxygens (including phenoxy) is 1. The lowest BCUT2D eigenvalue weighted by Gasteiger charge is -2.35. The minimum Gasteiger partial charge on any atom is -0.495 e. The molecule has 0 aliphatic carbocycles. The average molecular weight is 423 g/mol. The first-order valence-electron chi connectivity index (χ1n) is 10.6. The summed E-state index contributed by atoms with van der Waals surface area (Å²) in [6, 6.07) is 16.9. The van der Waals surface area contributed by atoms with Crippen LogP contribution in [0.3, 0.4) is 0 Å². The van der Waals surface area contributed by atoms with Gasteiger partial charge in [0.05, 0.1) is 45.4 Å². The number of carbonyl (C=O) groups is 2. The highest BCUT2D eigenvalue weighted by Crippen LogP contribution is 2.23. The van der Waals surface area contributed by atoms with Gasteiger partial charge < -0.3 is 19.9 Å². The number of hydrogen-bond acceptors (Lipinski definition) is 5. The number of quaternary nitrogens is 1. The van der Waals surface area contributed by atoms with E-state index in [2.05, 4.69) is 44.8 Å². The number of carbonyl (C=O) groups excluding carboxylic acids is 2. The zero-order valence-electron chi connectivity index (χ0n) is 17.6. The Morgan fingerprint density at radius 2 is 1.87 bits per heavy atom. The molecule has 2 aliphatic heterocycles. The van der Waals surface area contributed by atoms with Crippen molar-refractivity contribution in [2.75, 3.05) is 38.6 Å². The number of hydrogen-bond donors (Lipinski definition) is 3. The van der Waals surface area contributed by atoms with Crippen LogP contribution in [0, 0.1) is 0 Å². The molecule has 2 amide bonds. The predicted octanol–water partition coefficient (Wildman–Crippen LogP) is 0.279. The van der Waals surface area contributed by atoms with Gasteiger partial charge in [-0.3, -0.25) is 14.9 Å². The number of guanidine groups is 1. The molecule has 4 rings (SSSR count). The van der Waals surface area contributed by atoms with Crippen molar-refractivity contribution < 1.29 is 19.2 Å². The van der Waals surface area contributed by atoms with E-state index in [-0.39, 0.29) is 18.2 Å². The molecule has 8 heteroatoms. The molecule has 0 aromatic heterocycles. The number of para-hydroxylation sites is 2. The first-order chi connectivity index (χ1) is 15.1. The first-order valence-corrected chi connectivity index (χ1v) is 10.6. The van der Waals surface area contributed by atoms with E-state index in [1.807, 2.05) is 18.2 Å². The molecule has 1 atom stereocenters. The van der Waals surface area contributed by atoms with Gasteiger partial charge in [0.25, 0.3) is 0 Å². The van der Waals surface area contributed by atoms with E-state index in [0.717, 1.165) is 32.7 Å². The fraction of sp³-hybridized carbons (Fsp3) is 0.348. The topological polar surface area (TPSA) is 87.5 Å². The molecule has 2 heterocycles. The summed E-state index contributed by atoms with van der Waals surface area (Å²) in [5.74, 6) is 0.558. The lowest BCUT2D eigenvalue weighted by molar-refractivity contribution is -0.917. The summed E-state index contributed by atoms with van der Waals surface area (Å²) >= 11 is 0. The van der Waals surface area contributed by atoms with Crippen LogP contribution in [0.2, 0.25) is 0 Å². The highest BCUT2D eigenvalue weighted by Gasteiger charge is 2.31. The Balaban J connectivity index is 1.38. The molecule has 162 valence electrons. The summed E-state index contributed by atoms with van der Waals surface area (Å²) < 4.78 is 5.28. The van der Waals surface area contributed by atoms with Gasteiger partial charge in [0, 0.05) is 5.56 Å². The molecule has 0 bridgehead atoms. The number of aliphatic imine (C=N–C) groups is 1. The van der Waals surface area contributed by atoms with Crippen LogP contribution < -0.4 is 20.3 Å². The van der Waals surface area contributed by atoms with Crippen molar-refractivity contribution in [2.45, 2.75) is 19.0 Å². The van der Waals surface area contributed by atoms with E-state index >= 15 is 0 Å². The fourth-order valence-corrected chi connectivity index (χ4v) is 3.95. The Hall–Kier alpha value is -3.39. The van der Waals surface area contributed by atoms with E-state index in [1.165, 1.54) is 10.5 Å². The van der Waals surface area contributed by atoms with Crippen molar-refractivity contribution in [3.8, 4) is 5.75 Å². The minimum absolute atomic E-state index is 0.0315. The van der Waals surface area contributed by atoms with Crippen LogP contribution in [-0.2, 0) is 16.1 Å². The molecule has 2 aromatic carbocycles. The van der Waals surface area contributed by atoms with Gasteiger partial charge in [-0.2, -0.15) is 0 Å². The molecule has 1 fully saturated rings. The second-order valence-corrected chi connectivity index (χ2v) is 7.81. The fourth-order valence-electron chi connectivity index (χ4n) is 3.95. The molecule has 3 N–H and O–H groups in total. The van der Waals surface area contributed by atoms with Crippen LogP contribution in [0.15, 0.2) is 59.6 Å². The van der Waals surface area contributed by atoms with Crippen LogP contribution in [0.25, 0.3) is 0 Å². The molecule has 0 radical (unpaired) electrons. The van der Waals surface area contributed by atoms with Crippen LogP contribution in [-0.4, -0.2) is 62.0 Å². The van der Waals surface area contributed by atoms with E-state index in [4.69, 9.17) is 4.74 Å². The van der Waals surface area contributed by atoms with E-state index in [1.54, 1.807) is 19.2 Å². The average Bonchev–Trinajstić information content (AvgIpc) is 2.80. The Bertz CT molecular complexity index is 955. The van der Waals surface area contributed by atoms with Gasteiger partial charge >= 0.3 is 0 Å². The molecular weight excluding hydrogens is 394 g/mol. The van der Waals surface area contributed by atoms with Crippen molar-refractivity contribution in [1.82, 2.24) is 10.2 Å². The standard InChI is InChI=1S/C23H27N5O3/c1-31-20-10-6-5-9-18(20)24-22(30)19-15-21(29)26-23(25-19)28-13-11-27(12-14-28)16-17-7-3-2-4-8-17/h2-10,19H,11-16H2,1H3,(H,24,30)(H,25,26,29)/p+1/t19-/m0/s1. The third-order valence-corrected chi connectivity index (χ3v) is 5.64. The quantitative estimate of drug-likeness (QED) is 0.646. The smallest absolute Gasteiger partial charge is 0.249 e. The van der Waals surface area contributed by atoms with Crippen LogP contribution >= 0.6 is 0 Å². The van der Waals surface area contributed by atoms with E-state index in [0.29, 0.717) is 17.4 Å². The van der Waals surface area contributed by atoms with Crippen molar-refractivity contribution in [3.05, 3.63) is 60.2 Å². The van der Waals surface area contributed by atoms with Crippen LogP contribution in [0.5, 0.6) is 5.75 Å². The molecule has 1 saturated heterocycles. The Morgan fingerprint density at radius 3 is 2.61 bits per heavy atom. The SMILES string of the molecule is COc1ccccc1NC(=O)[C@@H]1CC(=O)NC(N2CC[NH+](Cc3ccccc3)CC2)=N1. The van der Waals surface area contributed by atoms with Gasteiger partial charge in [0.15, 0.2) is 0 Å². The largest absolute Gasteiger partial charge is 0.495 e. The summed E-state index contributed by atoms with van der Waals surface area (Å²) in [6.07, 6.45) is 0.0315. The molecule has 8 nitrogen and oxygen atoms in total. The number of piperazine rings is 1. The Labute approximate surface area is 181 Å². The van der Waals surface area contributed by atoms with Gasteiger partial charge in [-0.1, -0.05) is 42.5 Å². The zero-order valence-corrected chi connectivity index (χ0v) is 17.6. The zero-order chi connectivity index (χ0) is 21.6. The third kappa shape index (κ3) is 5.21. The number of benzene rings is 2. The van der Waals surface area contributed by atoms with Crippen molar-refractivity contribution in [3.63, 3.8) is 0 Å². The van der Waals surface area contributed by atoms with E-state index in [9.17, 15) is 9.59 Å². The lowest BCUT2D eigenvalue weighted by Crippen LogP contribution is -3.13. The van der Waals surface area contributed by atoms with Gasteiger partial charge in [-0.15, -0.1) is 0 Å². The van der Waals surface area contributed by atoms with Crippen molar-refractivity contribution in [2.24, 2.45) is 4.99 Å². The molecule has 0 unspecified atom stereocenters. The number of nitrogens with one attached hydrogen (secondary N) is 3. The Kier molecular flexibility index (Phi) is 6.47. The van der Waals surface area contributed by atoms with Gasteiger partial charge in [0.2, 0.25) is 17.8 Å². The Morgan fingerprint density at radius 1 is 1.16 bits per heavy atom.